The van der Waals surface area contributed by atoms with Crippen molar-refractivity contribution in [3.63, 3.8) is 0 Å². The Balaban J connectivity index is 1.72. The highest BCUT2D eigenvalue weighted by Crippen LogP contribution is 2.16. The van der Waals surface area contributed by atoms with Crippen LogP contribution in [0.1, 0.15) is 23.3 Å². The molecule has 1 amide bonds. The van der Waals surface area contributed by atoms with Gasteiger partial charge in [0.15, 0.2) is 11.5 Å². The van der Waals surface area contributed by atoms with Crippen molar-refractivity contribution in [3.05, 3.63) is 35.8 Å². The van der Waals surface area contributed by atoms with Crippen molar-refractivity contribution in [2.45, 2.75) is 18.9 Å². The molecule has 3 rings (SSSR count). The van der Waals surface area contributed by atoms with Gasteiger partial charge in [-0.3, -0.25) is 4.79 Å². The summed E-state index contributed by atoms with van der Waals surface area (Å²) in [6, 6.07) is 5.59. The summed E-state index contributed by atoms with van der Waals surface area (Å²) >= 11 is 0. The second kappa shape index (κ2) is 6.10. The van der Waals surface area contributed by atoms with E-state index in [9.17, 15) is 9.18 Å². The fraction of sp³-hybridized carbons (Fsp3) is 0.357. The van der Waals surface area contributed by atoms with Crippen molar-refractivity contribution in [2.75, 3.05) is 18.9 Å². The van der Waals surface area contributed by atoms with E-state index in [0.29, 0.717) is 12.2 Å². The SMILES string of the molecule is Nc1c(C(=O)NC[C@H]2CCCO2)nnn1-c1ccc(F)cc1. The molecule has 1 aromatic carbocycles. The largest absolute Gasteiger partial charge is 0.382 e. The molecule has 116 valence electrons. The fourth-order valence-corrected chi connectivity index (χ4v) is 2.32. The molecule has 0 unspecified atom stereocenters. The average molecular weight is 305 g/mol. The van der Waals surface area contributed by atoms with Gasteiger partial charge >= 0.3 is 0 Å². The summed E-state index contributed by atoms with van der Waals surface area (Å²) in [5.41, 5.74) is 6.49. The van der Waals surface area contributed by atoms with Crippen LogP contribution in [0.4, 0.5) is 10.2 Å². The van der Waals surface area contributed by atoms with Crippen molar-refractivity contribution < 1.29 is 13.9 Å². The molecule has 0 aliphatic carbocycles. The zero-order valence-electron chi connectivity index (χ0n) is 11.8. The van der Waals surface area contributed by atoms with Crippen molar-refractivity contribution in [2.24, 2.45) is 0 Å². The van der Waals surface area contributed by atoms with Crippen LogP contribution < -0.4 is 11.1 Å². The molecule has 8 heteroatoms. The zero-order valence-corrected chi connectivity index (χ0v) is 11.8. The molecule has 1 aliphatic rings. The van der Waals surface area contributed by atoms with Crippen LogP contribution in [-0.2, 0) is 4.74 Å². The molecular formula is C14H16FN5O2. The molecule has 3 N–H and O–H groups in total. The molecule has 1 fully saturated rings. The summed E-state index contributed by atoms with van der Waals surface area (Å²) in [4.78, 5) is 12.1. The Morgan fingerprint density at radius 2 is 2.23 bits per heavy atom. The highest BCUT2D eigenvalue weighted by Gasteiger charge is 2.21. The number of carbonyl (C=O) groups excluding carboxylic acids is 1. The number of hydrogen-bond acceptors (Lipinski definition) is 5. The topological polar surface area (TPSA) is 95.1 Å². The Morgan fingerprint density at radius 3 is 2.91 bits per heavy atom. The monoisotopic (exact) mass is 305 g/mol. The van der Waals surface area contributed by atoms with Gasteiger partial charge in [0.1, 0.15) is 5.82 Å². The number of hydrogen-bond donors (Lipinski definition) is 2. The summed E-state index contributed by atoms with van der Waals surface area (Å²) in [6.45, 7) is 1.14. The number of rotatable bonds is 4. The van der Waals surface area contributed by atoms with Crippen LogP contribution in [0.5, 0.6) is 0 Å². The van der Waals surface area contributed by atoms with Gasteiger partial charge < -0.3 is 15.8 Å². The van der Waals surface area contributed by atoms with E-state index in [-0.39, 0.29) is 23.4 Å². The molecule has 0 bridgehead atoms. The molecule has 0 spiro atoms. The van der Waals surface area contributed by atoms with Gasteiger partial charge in [0.25, 0.3) is 5.91 Å². The van der Waals surface area contributed by atoms with Crippen LogP contribution in [0.15, 0.2) is 24.3 Å². The first-order valence-electron chi connectivity index (χ1n) is 7.02. The smallest absolute Gasteiger partial charge is 0.275 e. The number of amides is 1. The number of nitrogens with one attached hydrogen (secondary N) is 1. The molecular weight excluding hydrogens is 289 g/mol. The van der Waals surface area contributed by atoms with E-state index in [2.05, 4.69) is 15.6 Å². The Morgan fingerprint density at radius 1 is 1.45 bits per heavy atom. The number of benzene rings is 1. The van der Waals surface area contributed by atoms with Crippen LogP contribution >= 0.6 is 0 Å². The van der Waals surface area contributed by atoms with Crippen molar-refractivity contribution in [3.8, 4) is 5.69 Å². The molecule has 1 aromatic heterocycles. The summed E-state index contributed by atoms with van der Waals surface area (Å²) in [5, 5.41) is 10.4. The van der Waals surface area contributed by atoms with Gasteiger partial charge in [-0.25, -0.2) is 4.39 Å². The van der Waals surface area contributed by atoms with Gasteiger partial charge in [-0.1, -0.05) is 5.21 Å². The van der Waals surface area contributed by atoms with Crippen LogP contribution in [0.25, 0.3) is 5.69 Å². The number of carbonyl (C=O) groups is 1. The Kier molecular flexibility index (Phi) is 4.01. The number of nitrogens with two attached hydrogens (primary N) is 1. The Bertz CT molecular complexity index is 664. The maximum Gasteiger partial charge on any atom is 0.275 e. The first-order chi connectivity index (χ1) is 10.6. The maximum atomic E-state index is 12.9. The number of halogens is 1. The molecule has 2 aromatic rings. The predicted molar refractivity (Wildman–Crippen MR) is 77.0 cm³/mol. The van der Waals surface area contributed by atoms with E-state index in [1.807, 2.05) is 0 Å². The van der Waals surface area contributed by atoms with Crippen molar-refractivity contribution in [1.82, 2.24) is 20.3 Å². The molecule has 2 heterocycles. The number of aromatic nitrogens is 3. The maximum absolute atomic E-state index is 12.9. The van der Waals surface area contributed by atoms with Crippen LogP contribution in [-0.4, -0.2) is 40.2 Å². The molecule has 0 radical (unpaired) electrons. The van der Waals surface area contributed by atoms with E-state index < -0.39 is 5.91 Å². The lowest BCUT2D eigenvalue weighted by atomic mass is 10.2. The van der Waals surface area contributed by atoms with Crippen molar-refractivity contribution >= 4 is 11.7 Å². The van der Waals surface area contributed by atoms with Gasteiger partial charge in [0.05, 0.1) is 11.8 Å². The minimum atomic E-state index is -0.402. The van der Waals surface area contributed by atoms with E-state index in [1.54, 1.807) is 0 Å². The van der Waals surface area contributed by atoms with Gasteiger partial charge in [0.2, 0.25) is 0 Å². The Hall–Kier alpha value is -2.48. The molecule has 1 atom stereocenters. The third kappa shape index (κ3) is 2.91. The van der Waals surface area contributed by atoms with Gasteiger partial charge in [-0.2, -0.15) is 4.68 Å². The standard InChI is InChI=1S/C14H16FN5O2/c15-9-3-5-10(6-4-9)20-13(16)12(18-19-20)14(21)17-8-11-2-1-7-22-11/h3-6,11H,1-2,7-8,16H2,(H,17,21)/t11-/m1/s1. The summed E-state index contributed by atoms with van der Waals surface area (Å²) in [5.74, 6) is -0.658. The van der Waals surface area contributed by atoms with Crippen molar-refractivity contribution in [1.29, 1.82) is 0 Å². The highest BCUT2D eigenvalue weighted by molar-refractivity contribution is 5.96. The zero-order chi connectivity index (χ0) is 15.5. The quantitative estimate of drug-likeness (QED) is 0.875. The first kappa shape index (κ1) is 14.5. The van der Waals surface area contributed by atoms with E-state index in [4.69, 9.17) is 10.5 Å². The number of nitrogen functional groups attached to an aromatic ring is 1. The minimum Gasteiger partial charge on any atom is -0.382 e. The third-order valence-electron chi connectivity index (χ3n) is 3.51. The third-order valence-corrected chi connectivity index (χ3v) is 3.51. The summed E-state index contributed by atoms with van der Waals surface area (Å²) < 4.78 is 19.7. The van der Waals surface area contributed by atoms with Crippen LogP contribution in [0, 0.1) is 5.82 Å². The fourth-order valence-electron chi connectivity index (χ4n) is 2.32. The first-order valence-corrected chi connectivity index (χ1v) is 7.02. The van der Waals surface area contributed by atoms with E-state index >= 15 is 0 Å². The molecule has 1 aliphatic heterocycles. The average Bonchev–Trinajstić information content (AvgIpc) is 3.15. The van der Waals surface area contributed by atoms with Crippen LogP contribution in [0.3, 0.4) is 0 Å². The van der Waals surface area contributed by atoms with Gasteiger partial charge in [0, 0.05) is 13.2 Å². The second-order valence-corrected chi connectivity index (χ2v) is 5.06. The molecule has 1 saturated heterocycles. The molecule has 22 heavy (non-hydrogen) atoms. The lowest BCUT2D eigenvalue weighted by Crippen LogP contribution is -2.32. The highest BCUT2D eigenvalue weighted by atomic mass is 19.1. The summed E-state index contributed by atoms with van der Waals surface area (Å²) in [6.07, 6.45) is 1.97. The van der Waals surface area contributed by atoms with Gasteiger partial charge in [-0.05, 0) is 37.1 Å². The van der Waals surface area contributed by atoms with Crippen LogP contribution in [0.2, 0.25) is 0 Å². The summed E-state index contributed by atoms with van der Waals surface area (Å²) in [7, 11) is 0. The normalized spacial score (nSPS) is 17.6. The van der Waals surface area contributed by atoms with E-state index in [1.165, 1.54) is 28.9 Å². The van der Waals surface area contributed by atoms with Gasteiger partial charge in [-0.15, -0.1) is 5.10 Å². The lowest BCUT2D eigenvalue weighted by Gasteiger charge is -2.09. The number of ether oxygens (including phenoxy) is 1. The minimum absolute atomic E-state index is 0.0392. The second-order valence-electron chi connectivity index (χ2n) is 5.06. The number of anilines is 1. The molecule has 7 nitrogen and oxygen atoms in total. The lowest BCUT2D eigenvalue weighted by molar-refractivity contribution is 0.0854. The van der Waals surface area contributed by atoms with E-state index in [0.717, 1.165) is 19.4 Å². The Labute approximate surface area is 126 Å². The predicted octanol–water partition coefficient (Wildman–Crippen LogP) is 0.897. The number of nitrogens with zero attached hydrogens (tertiary/aromatic N) is 3. The molecule has 0 saturated carbocycles.